The minimum Gasteiger partial charge on any atom is -0.481 e. The summed E-state index contributed by atoms with van der Waals surface area (Å²) in [6.07, 6.45) is 1.69. The van der Waals surface area contributed by atoms with Crippen molar-refractivity contribution in [3.05, 3.63) is 23.3 Å². The molecule has 0 radical (unpaired) electrons. The SMILES string of the molecule is Cc1cc(C)c2nc(N3CCC[C@H](C(=O)O)C3)sc2c1. The second-order valence-electron chi connectivity index (χ2n) is 5.55. The summed E-state index contributed by atoms with van der Waals surface area (Å²) >= 11 is 1.67. The van der Waals surface area contributed by atoms with Gasteiger partial charge in [-0.1, -0.05) is 17.4 Å². The number of piperidine rings is 1. The molecule has 0 amide bonds. The van der Waals surface area contributed by atoms with Gasteiger partial charge < -0.3 is 10.0 Å². The maximum absolute atomic E-state index is 11.2. The zero-order chi connectivity index (χ0) is 14.3. The van der Waals surface area contributed by atoms with Crippen molar-refractivity contribution in [2.75, 3.05) is 18.0 Å². The van der Waals surface area contributed by atoms with Crippen LogP contribution in [0.1, 0.15) is 24.0 Å². The Balaban J connectivity index is 1.94. The number of hydrogen-bond acceptors (Lipinski definition) is 4. The van der Waals surface area contributed by atoms with Crippen molar-refractivity contribution in [1.82, 2.24) is 4.98 Å². The highest BCUT2D eigenvalue weighted by molar-refractivity contribution is 7.22. The second kappa shape index (κ2) is 5.05. The third kappa shape index (κ3) is 2.38. The van der Waals surface area contributed by atoms with E-state index < -0.39 is 5.97 Å². The van der Waals surface area contributed by atoms with Gasteiger partial charge in [-0.2, -0.15) is 0 Å². The molecule has 2 aromatic rings. The zero-order valence-electron chi connectivity index (χ0n) is 11.7. The summed E-state index contributed by atoms with van der Waals surface area (Å²) in [6, 6.07) is 4.30. The first kappa shape index (κ1) is 13.4. The third-order valence-corrected chi connectivity index (χ3v) is 4.92. The number of nitrogens with zero attached hydrogens (tertiary/aromatic N) is 2. The topological polar surface area (TPSA) is 53.4 Å². The molecule has 1 N–H and O–H groups in total. The van der Waals surface area contributed by atoms with E-state index in [1.807, 2.05) is 0 Å². The number of aliphatic carboxylic acids is 1. The number of hydrogen-bond donors (Lipinski definition) is 1. The monoisotopic (exact) mass is 290 g/mol. The van der Waals surface area contributed by atoms with Gasteiger partial charge in [0.15, 0.2) is 5.13 Å². The molecular weight excluding hydrogens is 272 g/mol. The van der Waals surface area contributed by atoms with Crippen molar-refractivity contribution in [2.24, 2.45) is 5.92 Å². The summed E-state index contributed by atoms with van der Waals surface area (Å²) in [6.45, 7) is 5.65. The average molecular weight is 290 g/mol. The van der Waals surface area contributed by atoms with Crippen molar-refractivity contribution in [2.45, 2.75) is 26.7 Å². The Morgan fingerprint density at radius 2 is 2.25 bits per heavy atom. The van der Waals surface area contributed by atoms with Crippen LogP contribution >= 0.6 is 11.3 Å². The predicted octanol–water partition coefficient (Wildman–Crippen LogP) is 3.21. The number of carboxylic acid groups (broad SMARTS) is 1. The standard InChI is InChI=1S/C15H18N2O2S/c1-9-6-10(2)13-12(7-9)20-15(16-13)17-5-3-4-11(8-17)14(18)19/h6-7,11H,3-5,8H2,1-2H3,(H,18,19)/t11-/m0/s1. The highest BCUT2D eigenvalue weighted by Crippen LogP contribution is 2.33. The molecule has 0 aliphatic carbocycles. The van der Waals surface area contributed by atoms with Crippen LogP contribution in [-0.2, 0) is 4.79 Å². The second-order valence-corrected chi connectivity index (χ2v) is 6.56. The van der Waals surface area contributed by atoms with E-state index >= 15 is 0 Å². The Labute approximate surface area is 122 Å². The number of thiazole rings is 1. The van der Waals surface area contributed by atoms with Gasteiger partial charge in [0.25, 0.3) is 0 Å². The smallest absolute Gasteiger partial charge is 0.308 e. The van der Waals surface area contributed by atoms with E-state index in [2.05, 4.69) is 30.9 Å². The van der Waals surface area contributed by atoms with E-state index in [1.165, 1.54) is 15.8 Å². The molecule has 0 spiro atoms. The Morgan fingerprint density at radius 3 is 3.00 bits per heavy atom. The number of benzene rings is 1. The van der Waals surface area contributed by atoms with Gasteiger partial charge in [0, 0.05) is 13.1 Å². The molecule has 1 atom stereocenters. The van der Waals surface area contributed by atoms with E-state index in [9.17, 15) is 9.90 Å². The van der Waals surface area contributed by atoms with Crippen LogP contribution in [0.2, 0.25) is 0 Å². The Morgan fingerprint density at radius 1 is 1.45 bits per heavy atom. The molecule has 2 heterocycles. The normalized spacial score (nSPS) is 19.5. The van der Waals surface area contributed by atoms with Gasteiger partial charge in [-0.25, -0.2) is 4.98 Å². The minimum atomic E-state index is -0.692. The summed E-state index contributed by atoms with van der Waals surface area (Å²) in [5, 5.41) is 10.1. The van der Waals surface area contributed by atoms with Crippen LogP contribution in [0, 0.1) is 19.8 Å². The van der Waals surface area contributed by atoms with Gasteiger partial charge in [0.2, 0.25) is 0 Å². The lowest BCUT2D eigenvalue weighted by atomic mass is 9.99. The highest BCUT2D eigenvalue weighted by Gasteiger charge is 2.27. The molecule has 0 saturated carbocycles. The number of aryl methyl sites for hydroxylation is 2. The Kier molecular flexibility index (Phi) is 3.38. The minimum absolute atomic E-state index is 0.265. The van der Waals surface area contributed by atoms with Gasteiger partial charge in [-0.15, -0.1) is 0 Å². The number of anilines is 1. The van der Waals surface area contributed by atoms with Crippen molar-refractivity contribution in [3.8, 4) is 0 Å². The molecule has 4 nitrogen and oxygen atoms in total. The number of carbonyl (C=O) groups is 1. The fourth-order valence-corrected chi connectivity index (χ4v) is 4.02. The van der Waals surface area contributed by atoms with Crippen molar-refractivity contribution >= 4 is 32.7 Å². The fourth-order valence-electron chi connectivity index (χ4n) is 2.85. The van der Waals surface area contributed by atoms with Crippen molar-refractivity contribution < 1.29 is 9.90 Å². The fraction of sp³-hybridized carbons (Fsp3) is 0.467. The van der Waals surface area contributed by atoms with E-state index in [4.69, 9.17) is 4.98 Å². The summed E-state index contributed by atoms with van der Waals surface area (Å²) in [5.41, 5.74) is 3.48. The zero-order valence-corrected chi connectivity index (χ0v) is 12.5. The number of carboxylic acids is 1. The molecule has 3 rings (SSSR count). The summed E-state index contributed by atoms with van der Waals surface area (Å²) in [5.74, 6) is -0.957. The lowest BCUT2D eigenvalue weighted by Gasteiger charge is -2.30. The molecule has 1 fully saturated rings. The van der Waals surface area contributed by atoms with E-state index in [0.29, 0.717) is 6.54 Å². The van der Waals surface area contributed by atoms with Crippen LogP contribution < -0.4 is 4.90 Å². The molecule has 106 valence electrons. The molecule has 1 aliphatic heterocycles. The van der Waals surface area contributed by atoms with Gasteiger partial charge in [-0.05, 0) is 43.9 Å². The average Bonchev–Trinajstić information content (AvgIpc) is 2.83. The largest absolute Gasteiger partial charge is 0.481 e. The molecule has 5 heteroatoms. The van der Waals surface area contributed by atoms with Gasteiger partial charge in [0.05, 0.1) is 16.1 Å². The van der Waals surface area contributed by atoms with Crippen LogP contribution in [0.25, 0.3) is 10.2 Å². The number of aromatic nitrogens is 1. The Hall–Kier alpha value is -1.62. The maximum atomic E-state index is 11.2. The molecule has 1 saturated heterocycles. The lowest BCUT2D eigenvalue weighted by Crippen LogP contribution is -2.38. The maximum Gasteiger partial charge on any atom is 0.308 e. The first-order valence-electron chi connectivity index (χ1n) is 6.90. The van der Waals surface area contributed by atoms with Crippen molar-refractivity contribution in [1.29, 1.82) is 0 Å². The van der Waals surface area contributed by atoms with Crippen LogP contribution in [0.3, 0.4) is 0 Å². The highest BCUT2D eigenvalue weighted by atomic mass is 32.1. The number of rotatable bonds is 2. The predicted molar refractivity (Wildman–Crippen MR) is 81.7 cm³/mol. The molecule has 0 bridgehead atoms. The van der Waals surface area contributed by atoms with E-state index in [1.54, 1.807) is 11.3 Å². The first-order chi connectivity index (χ1) is 9.54. The lowest BCUT2D eigenvalue weighted by molar-refractivity contribution is -0.141. The molecule has 20 heavy (non-hydrogen) atoms. The Bertz CT molecular complexity index is 665. The molecular formula is C15H18N2O2S. The molecule has 0 unspecified atom stereocenters. The van der Waals surface area contributed by atoms with E-state index in [0.717, 1.165) is 30.0 Å². The van der Waals surface area contributed by atoms with Crippen LogP contribution in [0.5, 0.6) is 0 Å². The van der Waals surface area contributed by atoms with E-state index in [-0.39, 0.29) is 5.92 Å². The first-order valence-corrected chi connectivity index (χ1v) is 7.72. The molecule has 1 aromatic heterocycles. The summed E-state index contributed by atoms with van der Waals surface area (Å²) in [7, 11) is 0. The van der Waals surface area contributed by atoms with Gasteiger partial charge >= 0.3 is 5.97 Å². The van der Waals surface area contributed by atoms with Crippen LogP contribution in [-0.4, -0.2) is 29.1 Å². The molecule has 1 aromatic carbocycles. The summed E-state index contributed by atoms with van der Waals surface area (Å²) in [4.78, 5) is 18.0. The van der Waals surface area contributed by atoms with Crippen molar-refractivity contribution in [3.63, 3.8) is 0 Å². The molecule has 1 aliphatic rings. The quantitative estimate of drug-likeness (QED) is 0.922. The van der Waals surface area contributed by atoms with Crippen LogP contribution in [0.4, 0.5) is 5.13 Å². The summed E-state index contributed by atoms with van der Waals surface area (Å²) < 4.78 is 1.19. The van der Waals surface area contributed by atoms with Gasteiger partial charge in [0.1, 0.15) is 0 Å². The van der Waals surface area contributed by atoms with Gasteiger partial charge in [-0.3, -0.25) is 4.79 Å². The third-order valence-electron chi connectivity index (χ3n) is 3.86. The van der Waals surface area contributed by atoms with Crippen LogP contribution in [0.15, 0.2) is 12.1 Å². The number of fused-ring (bicyclic) bond motifs is 1.